The average molecular weight is 1500 g/mol. The van der Waals surface area contributed by atoms with Gasteiger partial charge in [0.05, 0.1) is 0 Å². The highest BCUT2D eigenvalue weighted by molar-refractivity contribution is 6.03. The number of rotatable bonds is 35. The molecule has 2 aliphatic rings. The average Bonchev–Trinajstić information content (AvgIpc) is 1.80. The summed E-state index contributed by atoms with van der Waals surface area (Å²) in [5, 5.41) is 32.5. The fourth-order valence-corrected chi connectivity index (χ4v) is 12.3. The third-order valence-corrected chi connectivity index (χ3v) is 19.5. The molecule has 15 atom stereocenters. The maximum atomic E-state index is 15.1. The first-order valence-electron chi connectivity index (χ1n) is 38.1. The Morgan fingerprint density at radius 1 is 0.589 bits per heavy atom. The van der Waals surface area contributed by atoms with Crippen LogP contribution >= 0.6 is 0 Å². The van der Waals surface area contributed by atoms with Crippen LogP contribution in [-0.2, 0) is 83.1 Å². The zero-order valence-corrected chi connectivity index (χ0v) is 66.1. The SMILES string of the molecule is C/C=C1\NC(=O)[C@H](Cc2ccccc2)NC(=O)[C@@H](C(C)C)NC(=O)[C@@H]([C@@H](C)CC)NC(=O)[C@H](NC(=O)[C@H](NC(=O)[C@H](CCCN)NC(=O)[C@H]2CCCN2C(=O)[C@H](NC(=O)[C@@H](NC(=O)[C@H](CCC(N)=O)NC(=O)[C@H](NC(=O)CCCC(C)C)C(C)C)C(C)C)C(C)C)[C@@H](C)CC)[C@@H](C)OC(=O)[C@H](C(C)C)NC1=O. The Morgan fingerprint density at radius 2 is 1.14 bits per heavy atom. The highest BCUT2D eigenvalue weighted by atomic mass is 16.5. The molecule has 600 valence electrons. The molecule has 1 aromatic carbocycles. The smallest absolute Gasteiger partial charge is 0.329 e. The van der Waals surface area contributed by atoms with Crippen LogP contribution in [0.3, 0.4) is 0 Å². The van der Waals surface area contributed by atoms with Crippen molar-refractivity contribution in [2.75, 3.05) is 13.1 Å². The number of hydrogen-bond donors (Lipinski definition) is 14. The van der Waals surface area contributed by atoms with E-state index in [1.54, 1.807) is 127 Å². The summed E-state index contributed by atoms with van der Waals surface area (Å²) in [6, 6.07) is -7.55. The fraction of sp³-hybridized carbons (Fsp3) is 0.697. The van der Waals surface area contributed by atoms with Crippen molar-refractivity contribution >= 4 is 88.7 Å². The van der Waals surface area contributed by atoms with Crippen LogP contribution in [0.1, 0.15) is 201 Å². The summed E-state index contributed by atoms with van der Waals surface area (Å²) >= 11 is 0. The quantitative estimate of drug-likeness (QED) is 0.0340. The number of amides is 14. The number of esters is 1. The highest BCUT2D eigenvalue weighted by Crippen LogP contribution is 2.23. The summed E-state index contributed by atoms with van der Waals surface area (Å²) in [5.41, 5.74) is 11.8. The topological polar surface area (TPSA) is 465 Å². The molecule has 31 heteroatoms. The Bertz CT molecular complexity index is 3250. The second-order valence-corrected chi connectivity index (χ2v) is 30.5. The van der Waals surface area contributed by atoms with Crippen LogP contribution in [0.2, 0.25) is 0 Å². The van der Waals surface area contributed by atoms with Gasteiger partial charge in [-0.1, -0.05) is 166 Å². The van der Waals surface area contributed by atoms with Gasteiger partial charge in [-0.2, -0.15) is 0 Å². The van der Waals surface area contributed by atoms with E-state index in [9.17, 15) is 62.3 Å². The molecule has 0 saturated carbocycles. The minimum absolute atomic E-state index is 0.0380. The van der Waals surface area contributed by atoms with Crippen LogP contribution in [0, 0.1) is 47.3 Å². The maximum Gasteiger partial charge on any atom is 0.329 e. The highest BCUT2D eigenvalue weighted by Gasteiger charge is 2.44. The lowest BCUT2D eigenvalue weighted by atomic mass is 9.95. The lowest BCUT2D eigenvalue weighted by Gasteiger charge is -2.33. The van der Waals surface area contributed by atoms with Crippen molar-refractivity contribution in [2.24, 2.45) is 58.8 Å². The van der Waals surface area contributed by atoms with Crippen LogP contribution < -0.4 is 75.3 Å². The van der Waals surface area contributed by atoms with E-state index in [-0.39, 0.29) is 76.1 Å². The minimum atomic E-state index is -1.83. The first-order chi connectivity index (χ1) is 50.2. The molecular weight excluding hydrogens is 1380 g/mol. The van der Waals surface area contributed by atoms with E-state index in [1.807, 2.05) is 13.8 Å². The maximum absolute atomic E-state index is 15.1. The number of nitrogens with two attached hydrogens (primary N) is 2. The molecule has 107 heavy (non-hydrogen) atoms. The van der Waals surface area contributed by atoms with Gasteiger partial charge in [0.15, 0.2) is 0 Å². The standard InChI is InChI=1S/C76H125N15O16/c1-19-45(16)61(73(103)90-63-47(18)107-76(106)60(44(14)15)87-64(94)49(21-3)79-67(97)52(38-48-29-23-22-24-30-48)82-70(100)57(41(8)9)85-72(102)62(46(17)20-2)89-74(63)104)88-65(95)50(31-26-36-77)80-68(98)53-32-27-37-91(53)75(105)59(43(12)13)86-71(101)58(42(10)11)84-66(96)51(34-35-54(78)92)81-69(99)56(40(6)7)83-55(93)33-25-28-39(4)5/h21-24,29-30,39-47,50-53,56-63H,19-20,25-28,31-38,77H2,1-18H3,(H2,78,92)(H,79,97)(H,80,98)(H,81,99)(H,82,100)(H,83,93)(H,84,96)(H,85,102)(H,86,101)(H,87,94)(H,88,95)(H,89,104)(H,90,103)/b49-21-/t45-,46-,47+,50-,51-,52-,53+,56+,57+,58-,59+,60-,61+,62+,63+/m0/s1. The molecule has 0 aliphatic carbocycles. The number of hydrogen-bond acceptors (Lipinski definition) is 17. The number of cyclic esters (lactones) is 1. The van der Waals surface area contributed by atoms with E-state index in [4.69, 9.17) is 16.2 Å². The number of likely N-dealkylation sites (tertiary alicyclic amines) is 1. The van der Waals surface area contributed by atoms with Gasteiger partial charge < -0.3 is 84.9 Å². The van der Waals surface area contributed by atoms with Crippen LogP contribution in [0.25, 0.3) is 0 Å². The Kier molecular flexibility index (Phi) is 38.7. The van der Waals surface area contributed by atoms with Gasteiger partial charge in [-0.3, -0.25) is 67.1 Å². The first kappa shape index (κ1) is 92.2. The lowest BCUT2D eigenvalue weighted by Crippen LogP contribution is -2.64. The number of allylic oxidation sites excluding steroid dienone is 1. The molecule has 2 aliphatic heterocycles. The predicted octanol–water partition coefficient (Wildman–Crippen LogP) is 1.72. The van der Waals surface area contributed by atoms with Crippen LogP contribution in [0.15, 0.2) is 42.1 Å². The minimum Gasteiger partial charge on any atom is -0.458 e. The van der Waals surface area contributed by atoms with E-state index < -0.39 is 203 Å². The Labute approximate surface area is 631 Å². The number of benzene rings is 1. The van der Waals surface area contributed by atoms with Gasteiger partial charge >= 0.3 is 5.97 Å². The lowest BCUT2D eigenvalue weighted by molar-refractivity contribution is -0.157. The molecule has 2 heterocycles. The molecule has 2 fully saturated rings. The van der Waals surface area contributed by atoms with Gasteiger partial charge in [0, 0.05) is 25.8 Å². The molecule has 3 rings (SSSR count). The zero-order chi connectivity index (χ0) is 80.9. The molecule has 0 aromatic heterocycles. The third kappa shape index (κ3) is 28.9. The van der Waals surface area contributed by atoms with Crippen molar-refractivity contribution in [1.29, 1.82) is 0 Å². The third-order valence-electron chi connectivity index (χ3n) is 19.5. The molecule has 2 saturated heterocycles. The number of carbonyl (C=O) groups excluding carboxylic acids is 15. The molecule has 16 N–H and O–H groups in total. The molecule has 0 spiro atoms. The van der Waals surface area contributed by atoms with Crippen LogP contribution in [0.4, 0.5) is 0 Å². The first-order valence-corrected chi connectivity index (χ1v) is 38.1. The number of primary amides is 1. The second-order valence-electron chi connectivity index (χ2n) is 30.5. The van der Waals surface area contributed by atoms with Crippen molar-refractivity contribution in [3.63, 3.8) is 0 Å². The van der Waals surface area contributed by atoms with E-state index in [0.29, 0.717) is 30.7 Å². The van der Waals surface area contributed by atoms with Gasteiger partial charge in [-0.25, -0.2) is 4.79 Å². The summed E-state index contributed by atoms with van der Waals surface area (Å²) in [4.78, 5) is 215. The van der Waals surface area contributed by atoms with Gasteiger partial charge in [0.25, 0.3) is 5.91 Å². The normalized spacial score (nSPS) is 22.0. The number of carbonyl (C=O) groups is 15. The summed E-state index contributed by atoms with van der Waals surface area (Å²) in [7, 11) is 0. The van der Waals surface area contributed by atoms with E-state index >= 15 is 9.59 Å². The van der Waals surface area contributed by atoms with E-state index in [1.165, 1.54) is 24.8 Å². The Morgan fingerprint density at radius 3 is 1.68 bits per heavy atom. The van der Waals surface area contributed by atoms with Gasteiger partial charge in [-0.05, 0) is 112 Å². The summed E-state index contributed by atoms with van der Waals surface area (Å²) in [6.45, 7) is 30.4. The molecule has 1 aromatic rings. The van der Waals surface area contributed by atoms with Gasteiger partial charge in [0.1, 0.15) is 84.3 Å². The molecule has 0 radical (unpaired) electrons. The number of ether oxygens (including phenoxy) is 1. The number of nitrogens with one attached hydrogen (secondary N) is 12. The Balaban J connectivity index is 2.01. The predicted molar refractivity (Wildman–Crippen MR) is 402 cm³/mol. The molecule has 0 unspecified atom stereocenters. The second kappa shape index (κ2) is 44.9. The molecule has 31 nitrogen and oxygen atoms in total. The zero-order valence-electron chi connectivity index (χ0n) is 66.1. The van der Waals surface area contributed by atoms with Crippen molar-refractivity contribution in [3.05, 3.63) is 47.7 Å². The number of nitrogens with zero attached hydrogens (tertiary/aromatic N) is 1. The monoisotopic (exact) mass is 1500 g/mol. The van der Waals surface area contributed by atoms with Crippen molar-refractivity contribution in [1.82, 2.24) is 68.7 Å². The molecular formula is C76H125N15O16. The molecule has 14 amide bonds. The largest absolute Gasteiger partial charge is 0.458 e. The van der Waals surface area contributed by atoms with Crippen molar-refractivity contribution in [3.8, 4) is 0 Å². The van der Waals surface area contributed by atoms with Gasteiger partial charge in [0.2, 0.25) is 76.8 Å². The fourth-order valence-electron chi connectivity index (χ4n) is 12.3. The molecule has 0 bridgehead atoms. The Hall–Kier alpha value is -9.03. The van der Waals surface area contributed by atoms with Gasteiger partial charge in [-0.15, -0.1) is 0 Å². The van der Waals surface area contributed by atoms with Crippen molar-refractivity contribution < 1.29 is 76.7 Å². The van der Waals surface area contributed by atoms with Crippen LogP contribution in [0.5, 0.6) is 0 Å². The van der Waals surface area contributed by atoms with E-state index in [0.717, 1.165) is 6.42 Å². The summed E-state index contributed by atoms with van der Waals surface area (Å²) in [6.07, 6.45) is 1.84. The van der Waals surface area contributed by atoms with Crippen molar-refractivity contribution in [2.45, 2.75) is 280 Å². The summed E-state index contributed by atoms with van der Waals surface area (Å²) in [5.74, 6) is -15.9. The van der Waals surface area contributed by atoms with E-state index in [2.05, 4.69) is 63.8 Å². The summed E-state index contributed by atoms with van der Waals surface area (Å²) < 4.78 is 5.96. The van der Waals surface area contributed by atoms with Crippen LogP contribution in [-0.4, -0.2) is 185 Å².